The van der Waals surface area contributed by atoms with E-state index in [1.54, 1.807) is 12.1 Å². The van der Waals surface area contributed by atoms with Gasteiger partial charge >= 0.3 is 0 Å². The second kappa shape index (κ2) is 7.65. The molecule has 0 spiro atoms. The maximum absolute atomic E-state index is 12.5. The molecule has 2 fully saturated rings. The van der Waals surface area contributed by atoms with E-state index in [1.807, 2.05) is 12.1 Å². The highest BCUT2D eigenvalue weighted by Gasteiger charge is 2.38. The smallest absolute Gasteiger partial charge is 0.252 e. The average molecular weight is 337 g/mol. The third-order valence-corrected chi connectivity index (χ3v) is 5.49. The molecule has 1 aliphatic heterocycles. The van der Waals surface area contributed by atoms with Crippen LogP contribution in [0, 0.1) is 0 Å². The minimum absolute atomic E-state index is 0.0752. The van der Waals surface area contributed by atoms with Gasteiger partial charge in [-0.3, -0.25) is 9.69 Å². The summed E-state index contributed by atoms with van der Waals surface area (Å²) in [4.78, 5) is 15.0. The van der Waals surface area contributed by atoms with Crippen molar-refractivity contribution in [1.29, 1.82) is 0 Å². The number of carbonyl (C=O) groups is 1. The highest BCUT2D eigenvalue weighted by atomic mass is 35.5. The molecule has 1 saturated carbocycles. The Kier molecular flexibility index (Phi) is 5.57. The fourth-order valence-corrected chi connectivity index (χ4v) is 4.06. The number of hydrogen-bond donors (Lipinski definition) is 1. The molecule has 0 radical (unpaired) electrons. The molecule has 0 aromatic heterocycles. The molecule has 4 nitrogen and oxygen atoms in total. The van der Waals surface area contributed by atoms with E-state index in [0.717, 1.165) is 39.1 Å². The second-order valence-corrected chi connectivity index (χ2v) is 6.95. The molecular weight excluding hydrogens is 312 g/mol. The van der Waals surface area contributed by atoms with E-state index in [-0.39, 0.29) is 11.4 Å². The third kappa shape index (κ3) is 3.87. The Bertz CT molecular complexity index is 538. The highest BCUT2D eigenvalue weighted by molar-refractivity contribution is 6.33. The van der Waals surface area contributed by atoms with Crippen molar-refractivity contribution < 1.29 is 9.53 Å². The highest BCUT2D eigenvalue weighted by Crippen LogP contribution is 2.34. The first-order chi connectivity index (χ1) is 11.2. The van der Waals surface area contributed by atoms with Crippen molar-refractivity contribution >= 4 is 17.5 Å². The number of morpholine rings is 1. The van der Waals surface area contributed by atoms with Gasteiger partial charge in [0.1, 0.15) is 0 Å². The van der Waals surface area contributed by atoms with Crippen LogP contribution in [0.2, 0.25) is 5.02 Å². The summed E-state index contributed by atoms with van der Waals surface area (Å²) in [7, 11) is 0. The van der Waals surface area contributed by atoms with Crippen LogP contribution < -0.4 is 5.32 Å². The van der Waals surface area contributed by atoms with Gasteiger partial charge in [-0.25, -0.2) is 0 Å². The first-order valence-corrected chi connectivity index (χ1v) is 8.95. The van der Waals surface area contributed by atoms with Crippen molar-refractivity contribution in [3.8, 4) is 0 Å². The van der Waals surface area contributed by atoms with Gasteiger partial charge < -0.3 is 10.1 Å². The molecule has 1 aromatic carbocycles. The molecular formula is C18H25ClN2O2. The number of nitrogens with zero attached hydrogens (tertiary/aromatic N) is 1. The molecule has 1 saturated heterocycles. The Hall–Kier alpha value is -1.10. The molecule has 5 heteroatoms. The van der Waals surface area contributed by atoms with Crippen LogP contribution in [0.15, 0.2) is 24.3 Å². The summed E-state index contributed by atoms with van der Waals surface area (Å²) in [5, 5.41) is 3.65. The van der Waals surface area contributed by atoms with Crippen LogP contribution >= 0.6 is 11.6 Å². The minimum Gasteiger partial charge on any atom is -0.379 e. The SMILES string of the molecule is O=C(NCC1(N2CCOCC2)CCCCC1)c1ccccc1Cl. The van der Waals surface area contributed by atoms with E-state index in [0.29, 0.717) is 17.1 Å². The number of benzene rings is 1. The molecule has 1 amide bonds. The predicted octanol–water partition coefficient (Wildman–Crippen LogP) is 3.10. The van der Waals surface area contributed by atoms with Crippen LogP contribution in [0.4, 0.5) is 0 Å². The van der Waals surface area contributed by atoms with Crippen LogP contribution in [0.1, 0.15) is 42.5 Å². The van der Waals surface area contributed by atoms with Crippen LogP contribution in [-0.2, 0) is 4.74 Å². The third-order valence-electron chi connectivity index (χ3n) is 5.16. The number of rotatable bonds is 4. The average Bonchev–Trinajstić information content (AvgIpc) is 2.62. The monoisotopic (exact) mass is 336 g/mol. The molecule has 3 rings (SSSR count). The predicted molar refractivity (Wildman–Crippen MR) is 92.0 cm³/mol. The van der Waals surface area contributed by atoms with Crippen LogP contribution in [-0.4, -0.2) is 49.2 Å². The van der Waals surface area contributed by atoms with Gasteiger partial charge in [0.25, 0.3) is 5.91 Å². The van der Waals surface area contributed by atoms with Gasteiger partial charge in [0.15, 0.2) is 0 Å². The summed E-state index contributed by atoms with van der Waals surface area (Å²) in [6.07, 6.45) is 6.06. The van der Waals surface area contributed by atoms with E-state index in [2.05, 4.69) is 10.2 Å². The quantitative estimate of drug-likeness (QED) is 0.918. The largest absolute Gasteiger partial charge is 0.379 e. The molecule has 0 bridgehead atoms. The summed E-state index contributed by atoms with van der Waals surface area (Å²) in [6, 6.07) is 7.23. The lowest BCUT2D eigenvalue weighted by atomic mass is 9.79. The standard InChI is InChI=1S/C18H25ClN2O2/c19-16-7-3-2-6-15(16)17(22)20-14-18(8-4-1-5-9-18)21-10-12-23-13-11-21/h2-3,6-7H,1,4-5,8-14H2,(H,20,22). The number of hydrogen-bond acceptors (Lipinski definition) is 3. The lowest BCUT2D eigenvalue weighted by molar-refractivity contribution is -0.0361. The maximum Gasteiger partial charge on any atom is 0.252 e. The van der Waals surface area contributed by atoms with Gasteiger partial charge in [-0.15, -0.1) is 0 Å². The maximum atomic E-state index is 12.5. The van der Waals surface area contributed by atoms with Gasteiger partial charge in [0, 0.05) is 25.2 Å². The number of halogens is 1. The van der Waals surface area contributed by atoms with Crippen LogP contribution in [0.5, 0.6) is 0 Å². The van der Waals surface area contributed by atoms with E-state index in [9.17, 15) is 4.79 Å². The van der Waals surface area contributed by atoms with Crippen molar-refractivity contribution in [3.05, 3.63) is 34.9 Å². The van der Waals surface area contributed by atoms with Crippen LogP contribution in [0.3, 0.4) is 0 Å². The molecule has 126 valence electrons. The van der Waals surface area contributed by atoms with Crippen molar-refractivity contribution in [1.82, 2.24) is 10.2 Å². The van der Waals surface area contributed by atoms with E-state index in [4.69, 9.17) is 16.3 Å². The number of amides is 1. The molecule has 1 N–H and O–H groups in total. The van der Waals surface area contributed by atoms with Gasteiger partial charge in [-0.05, 0) is 25.0 Å². The van der Waals surface area contributed by atoms with Gasteiger partial charge in [0.05, 0.1) is 23.8 Å². The fraction of sp³-hybridized carbons (Fsp3) is 0.611. The van der Waals surface area contributed by atoms with E-state index >= 15 is 0 Å². The van der Waals surface area contributed by atoms with Gasteiger partial charge in [-0.1, -0.05) is 43.0 Å². The lowest BCUT2D eigenvalue weighted by Crippen LogP contribution is -2.59. The molecule has 1 aliphatic carbocycles. The fourth-order valence-electron chi connectivity index (χ4n) is 3.84. The van der Waals surface area contributed by atoms with Crippen molar-refractivity contribution in [3.63, 3.8) is 0 Å². The van der Waals surface area contributed by atoms with E-state index < -0.39 is 0 Å². The van der Waals surface area contributed by atoms with Gasteiger partial charge in [-0.2, -0.15) is 0 Å². The van der Waals surface area contributed by atoms with Gasteiger partial charge in [0.2, 0.25) is 0 Å². The Morgan fingerprint density at radius 1 is 1.17 bits per heavy atom. The topological polar surface area (TPSA) is 41.6 Å². The molecule has 0 atom stereocenters. The Balaban J connectivity index is 1.69. The summed E-state index contributed by atoms with van der Waals surface area (Å²) >= 11 is 6.14. The first-order valence-electron chi connectivity index (χ1n) is 8.57. The Morgan fingerprint density at radius 3 is 2.57 bits per heavy atom. The van der Waals surface area contributed by atoms with E-state index in [1.165, 1.54) is 19.3 Å². The number of nitrogens with one attached hydrogen (secondary N) is 1. The van der Waals surface area contributed by atoms with Crippen LogP contribution in [0.25, 0.3) is 0 Å². The molecule has 2 aliphatic rings. The number of ether oxygens (including phenoxy) is 1. The summed E-state index contributed by atoms with van der Waals surface area (Å²) in [5.41, 5.74) is 0.640. The Labute approximate surface area is 143 Å². The van der Waals surface area contributed by atoms with Crippen molar-refractivity contribution in [2.24, 2.45) is 0 Å². The normalized spacial score (nSPS) is 21.8. The molecule has 1 heterocycles. The molecule has 1 aromatic rings. The molecule has 23 heavy (non-hydrogen) atoms. The summed E-state index contributed by atoms with van der Waals surface area (Å²) in [6.45, 7) is 4.20. The Morgan fingerprint density at radius 2 is 1.87 bits per heavy atom. The lowest BCUT2D eigenvalue weighted by Gasteiger charge is -2.48. The first kappa shape index (κ1) is 16.7. The zero-order chi connectivity index (χ0) is 16.1. The number of carbonyl (C=O) groups excluding carboxylic acids is 1. The second-order valence-electron chi connectivity index (χ2n) is 6.55. The van der Waals surface area contributed by atoms with Crippen molar-refractivity contribution in [2.45, 2.75) is 37.6 Å². The van der Waals surface area contributed by atoms with Crippen molar-refractivity contribution in [2.75, 3.05) is 32.8 Å². The molecule has 0 unspecified atom stereocenters. The summed E-state index contributed by atoms with van der Waals surface area (Å²) < 4.78 is 5.50. The zero-order valence-corrected chi connectivity index (χ0v) is 14.3. The minimum atomic E-state index is -0.0752. The summed E-state index contributed by atoms with van der Waals surface area (Å²) in [5.74, 6) is -0.0752. The zero-order valence-electron chi connectivity index (χ0n) is 13.5.